The van der Waals surface area contributed by atoms with Crippen molar-refractivity contribution >= 4 is 41.2 Å². The summed E-state index contributed by atoms with van der Waals surface area (Å²) in [5.74, 6) is 1.25. The van der Waals surface area contributed by atoms with Crippen molar-refractivity contribution in [2.75, 3.05) is 18.8 Å². The van der Waals surface area contributed by atoms with Gasteiger partial charge in [0.25, 0.3) is 0 Å². The van der Waals surface area contributed by atoms with Crippen LogP contribution in [0.2, 0.25) is 0 Å². The molecular formula is C16H19N3OS3. The maximum Gasteiger partial charge on any atom is 0.233 e. The highest BCUT2D eigenvalue weighted by Crippen LogP contribution is 2.25. The molecule has 122 valence electrons. The van der Waals surface area contributed by atoms with Crippen LogP contribution >= 0.6 is 35.3 Å². The van der Waals surface area contributed by atoms with Crippen molar-refractivity contribution in [2.45, 2.75) is 24.1 Å². The molecule has 2 heterocycles. The molecular weight excluding hydrogens is 346 g/mol. The van der Waals surface area contributed by atoms with Gasteiger partial charge >= 0.3 is 0 Å². The lowest BCUT2D eigenvalue weighted by Crippen LogP contribution is -2.40. The molecule has 0 aliphatic carbocycles. The van der Waals surface area contributed by atoms with E-state index < -0.39 is 0 Å². The Morgan fingerprint density at radius 2 is 2.22 bits per heavy atom. The van der Waals surface area contributed by atoms with E-state index in [0.29, 0.717) is 15.6 Å². The van der Waals surface area contributed by atoms with Gasteiger partial charge in [-0.3, -0.25) is 4.79 Å². The number of nitrogens with zero attached hydrogens (tertiary/aromatic N) is 3. The zero-order valence-corrected chi connectivity index (χ0v) is 15.4. The lowest BCUT2D eigenvalue weighted by molar-refractivity contribution is -0.130. The van der Waals surface area contributed by atoms with Crippen LogP contribution in [0.25, 0.3) is 5.69 Å². The van der Waals surface area contributed by atoms with Crippen LogP contribution in [0.5, 0.6) is 0 Å². The molecule has 0 radical (unpaired) electrons. The second-order valence-electron chi connectivity index (χ2n) is 5.76. The van der Waals surface area contributed by atoms with Gasteiger partial charge in [-0.1, -0.05) is 48.2 Å². The van der Waals surface area contributed by atoms with Crippen LogP contribution in [0, 0.1) is 9.87 Å². The second-order valence-corrected chi connectivity index (χ2v) is 8.60. The van der Waals surface area contributed by atoms with E-state index in [9.17, 15) is 4.79 Å². The molecule has 7 heteroatoms. The van der Waals surface area contributed by atoms with Crippen LogP contribution in [0.15, 0.2) is 34.7 Å². The number of hydrogen-bond acceptors (Lipinski definition) is 5. The highest BCUT2D eigenvalue weighted by atomic mass is 32.2. The second kappa shape index (κ2) is 7.59. The third-order valence-corrected chi connectivity index (χ3v) is 6.21. The quantitative estimate of drug-likeness (QED) is 0.606. The van der Waals surface area contributed by atoms with Crippen molar-refractivity contribution in [3.8, 4) is 5.69 Å². The summed E-state index contributed by atoms with van der Waals surface area (Å²) < 4.78 is 3.31. The predicted molar refractivity (Wildman–Crippen MR) is 98.0 cm³/mol. The molecule has 3 rings (SSSR count). The number of likely N-dealkylation sites (tertiary alicyclic amines) is 1. The van der Waals surface area contributed by atoms with E-state index in [2.05, 4.69) is 12.0 Å². The molecule has 1 aliphatic rings. The first kappa shape index (κ1) is 16.7. The van der Waals surface area contributed by atoms with Gasteiger partial charge in [0.15, 0.2) is 8.29 Å². The molecule has 2 aromatic rings. The Labute approximate surface area is 149 Å². The van der Waals surface area contributed by atoms with Gasteiger partial charge in [0.1, 0.15) is 0 Å². The van der Waals surface area contributed by atoms with Crippen molar-refractivity contribution < 1.29 is 4.79 Å². The van der Waals surface area contributed by atoms with Gasteiger partial charge in [-0.05, 0) is 43.1 Å². The average molecular weight is 366 g/mol. The number of aromatic nitrogens is 2. The van der Waals surface area contributed by atoms with Crippen molar-refractivity contribution in [1.29, 1.82) is 0 Å². The fourth-order valence-corrected chi connectivity index (χ4v) is 4.95. The third-order valence-electron chi connectivity index (χ3n) is 3.86. The summed E-state index contributed by atoms with van der Waals surface area (Å²) in [6.45, 7) is 3.98. The molecule has 1 fully saturated rings. The summed E-state index contributed by atoms with van der Waals surface area (Å²) in [6, 6.07) is 9.84. The zero-order chi connectivity index (χ0) is 16.2. The van der Waals surface area contributed by atoms with Gasteiger partial charge in [-0.25, -0.2) is 4.68 Å². The van der Waals surface area contributed by atoms with Gasteiger partial charge in [-0.15, -0.1) is 5.10 Å². The Morgan fingerprint density at radius 1 is 1.43 bits per heavy atom. The van der Waals surface area contributed by atoms with Crippen LogP contribution in [0.4, 0.5) is 0 Å². The number of carbonyl (C=O) groups excluding carboxylic acids is 1. The first-order valence-corrected chi connectivity index (χ1v) is 9.90. The molecule has 0 spiro atoms. The van der Waals surface area contributed by atoms with Crippen LogP contribution in [0.1, 0.15) is 19.8 Å². The van der Waals surface area contributed by atoms with Crippen molar-refractivity contribution in [3.63, 3.8) is 0 Å². The van der Waals surface area contributed by atoms with Gasteiger partial charge < -0.3 is 4.90 Å². The monoisotopic (exact) mass is 365 g/mol. The molecule has 0 unspecified atom stereocenters. The van der Waals surface area contributed by atoms with Gasteiger partial charge in [0, 0.05) is 13.1 Å². The number of carbonyl (C=O) groups is 1. The first-order chi connectivity index (χ1) is 11.1. The summed E-state index contributed by atoms with van der Waals surface area (Å²) in [5.41, 5.74) is 0.955. The van der Waals surface area contributed by atoms with E-state index in [0.717, 1.165) is 29.5 Å². The minimum atomic E-state index is 0.203. The summed E-state index contributed by atoms with van der Waals surface area (Å²) in [6.07, 6.45) is 2.33. The number of benzene rings is 1. The van der Waals surface area contributed by atoms with Gasteiger partial charge in [0.2, 0.25) is 5.91 Å². The molecule has 4 nitrogen and oxygen atoms in total. The van der Waals surface area contributed by atoms with Gasteiger partial charge in [-0.2, -0.15) is 0 Å². The summed E-state index contributed by atoms with van der Waals surface area (Å²) in [7, 11) is 0. The molecule has 1 aromatic carbocycles. The minimum absolute atomic E-state index is 0.203. The highest BCUT2D eigenvalue weighted by molar-refractivity contribution is 8.01. The fourth-order valence-electron chi connectivity index (χ4n) is 2.68. The number of amides is 1. The molecule has 1 aromatic heterocycles. The first-order valence-electron chi connectivity index (χ1n) is 7.69. The zero-order valence-electron chi connectivity index (χ0n) is 13.0. The smallest absolute Gasteiger partial charge is 0.233 e. The maximum atomic E-state index is 12.3. The summed E-state index contributed by atoms with van der Waals surface area (Å²) in [4.78, 5) is 14.3. The summed E-state index contributed by atoms with van der Waals surface area (Å²) in [5, 5.41) is 4.54. The number of rotatable bonds is 4. The number of hydrogen-bond donors (Lipinski definition) is 0. The highest BCUT2D eigenvalue weighted by Gasteiger charge is 2.21. The van der Waals surface area contributed by atoms with Crippen LogP contribution in [-0.4, -0.2) is 39.4 Å². The molecule has 0 saturated carbocycles. The Hall–Kier alpha value is -1.18. The van der Waals surface area contributed by atoms with E-state index in [4.69, 9.17) is 12.2 Å². The number of piperidine rings is 1. The van der Waals surface area contributed by atoms with E-state index in [1.54, 1.807) is 4.68 Å². The van der Waals surface area contributed by atoms with E-state index in [-0.39, 0.29) is 5.91 Å². The lowest BCUT2D eigenvalue weighted by atomic mass is 10.0. The molecule has 0 N–H and O–H groups in total. The lowest BCUT2D eigenvalue weighted by Gasteiger charge is -2.30. The minimum Gasteiger partial charge on any atom is -0.342 e. The molecule has 1 saturated heterocycles. The van der Waals surface area contributed by atoms with E-state index in [1.807, 2.05) is 35.2 Å². The van der Waals surface area contributed by atoms with Crippen LogP contribution < -0.4 is 0 Å². The third kappa shape index (κ3) is 4.22. The fraction of sp³-hybridized carbons (Fsp3) is 0.438. The molecule has 0 bridgehead atoms. The molecule has 1 amide bonds. The van der Waals surface area contributed by atoms with E-state index >= 15 is 0 Å². The summed E-state index contributed by atoms with van der Waals surface area (Å²) >= 11 is 8.32. The van der Waals surface area contributed by atoms with Crippen LogP contribution in [0.3, 0.4) is 0 Å². The van der Waals surface area contributed by atoms with Crippen molar-refractivity contribution in [1.82, 2.24) is 14.7 Å². The van der Waals surface area contributed by atoms with Crippen molar-refractivity contribution in [2.24, 2.45) is 5.92 Å². The predicted octanol–water partition coefficient (Wildman–Crippen LogP) is 4.01. The van der Waals surface area contributed by atoms with Gasteiger partial charge in [0.05, 0.1) is 11.4 Å². The van der Waals surface area contributed by atoms with Crippen LogP contribution in [-0.2, 0) is 4.79 Å². The SMILES string of the molecule is C[C@@H]1CCCN(C(=O)CSc2nn(-c3ccccc3)c(=S)s2)C1. The normalized spacial score (nSPS) is 18.1. The number of thioether (sulfide) groups is 1. The van der Waals surface area contributed by atoms with E-state index in [1.165, 1.54) is 29.5 Å². The molecule has 1 aliphatic heterocycles. The Bertz CT molecular complexity index is 726. The topological polar surface area (TPSA) is 38.1 Å². The Morgan fingerprint density at radius 3 is 2.96 bits per heavy atom. The molecule has 23 heavy (non-hydrogen) atoms. The number of para-hydroxylation sites is 1. The van der Waals surface area contributed by atoms with Crippen molar-refractivity contribution in [3.05, 3.63) is 34.3 Å². The standard InChI is InChI=1S/C16H19N3OS3/c1-12-6-5-9-18(10-12)14(20)11-22-15-17-19(16(21)23-15)13-7-3-2-4-8-13/h2-4,7-8,12H,5-6,9-11H2,1H3/t12-/m1/s1. The maximum absolute atomic E-state index is 12.3. The average Bonchev–Trinajstić information content (AvgIpc) is 2.94. The Kier molecular flexibility index (Phi) is 5.50. The molecule has 1 atom stereocenters. The largest absolute Gasteiger partial charge is 0.342 e. The Balaban J connectivity index is 1.63.